The lowest BCUT2D eigenvalue weighted by molar-refractivity contribution is -0.145. The van der Waals surface area contributed by atoms with Crippen LogP contribution in [0.2, 0.25) is 0 Å². The van der Waals surface area contributed by atoms with Gasteiger partial charge in [-0.15, -0.1) is 0 Å². The van der Waals surface area contributed by atoms with Crippen LogP contribution in [0.4, 0.5) is 0 Å². The lowest BCUT2D eigenvalue weighted by Crippen LogP contribution is -2.61. The first-order chi connectivity index (χ1) is 42.3. The van der Waals surface area contributed by atoms with Crippen molar-refractivity contribution in [3.8, 4) is 0 Å². The fraction of sp³-hybridized carbons (Fsp3) is 0.741. The third-order valence-electron chi connectivity index (χ3n) is 15.8. The Morgan fingerprint density at radius 2 is 0.944 bits per heavy atom. The SMILES string of the molecule is CC(C)C[C@H](NC(=O)[C@@H]1CCCN1C(=O)[C@@H](NC(=O)[C@@H]1CCCN1C(=O)[C@H](CCC(=O)O)NC(=O)[C@H](C)NC(=O)[C@H](C)NC(=O)[C@@H]1CCCN1)C(C)C)C(=O)N[C@H](C(=O)N[C@@H](CCCCN)C(=O)N[C@@H](CCC(N)=O)C(=O)N[C@@H](CCC(=O)O)C(=O)O)C(C)C. The summed E-state index contributed by atoms with van der Waals surface area (Å²) >= 11 is 0. The molecule has 0 radical (unpaired) electrons. The van der Waals surface area contributed by atoms with Gasteiger partial charge >= 0.3 is 17.9 Å². The van der Waals surface area contributed by atoms with Crippen LogP contribution in [-0.2, 0) is 71.9 Å². The Kier molecular flexibility index (Phi) is 31.5. The molecule has 0 spiro atoms. The number of carboxylic acid groups (broad SMARTS) is 3. The van der Waals surface area contributed by atoms with Gasteiger partial charge in [-0.1, -0.05) is 41.5 Å². The molecule has 3 saturated heterocycles. The van der Waals surface area contributed by atoms with Crippen molar-refractivity contribution >= 4 is 88.8 Å². The molecule has 0 bridgehead atoms. The van der Waals surface area contributed by atoms with Gasteiger partial charge in [-0.3, -0.25) is 67.1 Å². The Balaban J connectivity index is 1.78. The zero-order chi connectivity index (χ0) is 67.7. The lowest BCUT2D eigenvalue weighted by atomic mass is 9.98. The number of nitrogens with one attached hydrogen (secondary N) is 10. The summed E-state index contributed by atoms with van der Waals surface area (Å²) in [6, 6.07) is -15.0. The Morgan fingerprint density at radius 3 is 1.46 bits per heavy atom. The predicted molar refractivity (Wildman–Crippen MR) is 321 cm³/mol. The summed E-state index contributed by atoms with van der Waals surface area (Å²) in [6.07, 6.45) is 0.173. The van der Waals surface area contributed by atoms with Gasteiger partial charge < -0.3 is 89.8 Å². The number of nitrogens with two attached hydrogens (primary N) is 2. The molecule has 0 unspecified atom stereocenters. The molecule has 17 N–H and O–H groups in total. The molecule has 90 heavy (non-hydrogen) atoms. The van der Waals surface area contributed by atoms with Crippen LogP contribution >= 0.6 is 0 Å². The third-order valence-corrected chi connectivity index (χ3v) is 15.8. The van der Waals surface area contributed by atoms with Gasteiger partial charge in [-0.05, 0) is 128 Å². The van der Waals surface area contributed by atoms with E-state index in [0.29, 0.717) is 32.2 Å². The molecule has 32 heteroatoms. The van der Waals surface area contributed by atoms with Gasteiger partial charge in [0.25, 0.3) is 0 Å². The second-order valence-electron chi connectivity index (χ2n) is 24.4. The van der Waals surface area contributed by atoms with E-state index in [-0.39, 0.29) is 70.0 Å². The van der Waals surface area contributed by atoms with Crippen molar-refractivity contribution in [2.45, 2.75) is 231 Å². The first-order valence-electron chi connectivity index (χ1n) is 31.0. The molecule has 32 nitrogen and oxygen atoms in total. The molecule has 3 aliphatic heterocycles. The van der Waals surface area contributed by atoms with Gasteiger partial charge in [0.15, 0.2) is 0 Å². The first-order valence-corrected chi connectivity index (χ1v) is 31.0. The van der Waals surface area contributed by atoms with E-state index >= 15 is 0 Å². The molecule has 0 aromatic rings. The quantitative estimate of drug-likeness (QED) is 0.0269. The van der Waals surface area contributed by atoms with Gasteiger partial charge in [0.2, 0.25) is 70.9 Å². The Morgan fingerprint density at radius 1 is 0.467 bits per heavy atom. The number of amides is 12. The van der Waals surface area contributed by atoms with Crippen LogP contribution in [0.1, 0.15) is 158 Å². The van der Waals surface area contributed by atoms with E-state index in [2.05, 4.69) is 53.2 Å². The van der Waals surface area contributed by atoms with Crippen LogP contribution in [0, 0.1) is 17.8 Å². The summed E-state index contributed by atoms with van der Waals surface area (Å²) in [4.78, 5) is 201. The van der Waals surface area contributed by atoms with E-state index in [1.807, 2.05) is 0 Å². The molecule has 3 rings (SSSR count). The standard InChI is InChI=1S/C58H96N14O18/c1-29(2)28-39(52(83)69-45(30(3)4)55(86)65-35(14-9-10-24-59)50(81)64-36(18-21-42(60)73)51(82)67-38(58(89)90)20-23-44(76)77)68-53(84)40-16-13-27-72(40)57(88)46(31(5)6)70-54(85)41-17-12-26-71(41)56(87)37(19-22-43(74)75)66-48(79)33(8)62-47(78)32(7)63-49(80)34-15-11-25-61-34/h29-41,45-46,61H,9-28,59H2,1-8H3,(H2,60,73)(H,62,78)(H,63,80)(H,64,81)(H,65,86)(H,66,79)(H,67,82)(H,68,84)(H,69,83)(H,70,85)(H,74,75)(H,76,77)(H,89,90)/t32-,33-,34-,35-,36-,37-,38-,39-,40-,41-,45-,46-/m0/s1. The van der Waals surface area contributed by atoms with Crippen molar-refractivity contribution in [1.82, 2.24) is 63.0 Å². The topological polar surface area (TPSA) is 496 Å². The van der Waals surface area contributed by atoms with E-state index in [1.54, 1.807) is 41.5 Å². The highest BCUT2D eigenvalue weighted by molar-refractivity contribution is 6.00. The average Bonchev–Trinajstić information content (AvgIpc) is 1.69. The van der Waals surface area contributed by atoms with E-state index in [1.165, 1.54) is 23.6 Å². The normalized spacial score (nSPS) is 19.4. The molecule has 0 aliphatic carbocycles. The predicted octanol–water partition coefficient (Wildman–Crippen LogP) is -3.31. The maximum atomic E-state index is 14.6. The number of aliphatic carboxylic acids is 3. The lowest BCUT2D eigenvalue weighted by Gasteiger charge is -2.33. The highest BCUT2D eigenvalue weighted by atomic mass is 16.4. The molecule has 506 valence electrons. The molecule has 3 fully saturated rings. The smallest absolute Gasteiger partial charge is 0.326 e. The Hall–Kier alpha value is -8.03. The number of rotatable bonds is 38. The van der Waals surface area contributed by atoms with Crippen molar-refractivity contribution in [1.29, 1.82) is 0 Å². The molecule has 0 aromatic carbocycles. The van der Waals surface area contributed by atoms with Crippen LogP contribution in [0.15, 0.2) is 0 Å². The Bertz CT molecular complexity index is 2580. The second kappa shape index (κ2) is 37.2. The monoisotopic (exact) mass is 1280 g/mol. The molecule has 0 saturated carbocycles. The zero-order valence-corrected chi connectivity index (χ0v) is 52.8. The van der Waals surface area contributed by atoms with E-state index in [0.717, 1.165) is 6.42 Å². The zero-order valence-electron chi connectivity index (χ0n) is 52.8. The van der Waals surface area contributed by atoms with Gasteiger partial charge in [0.05, 0.1) is 6.04 Å². The number of hydrogen-bond acceptors (Lipinski definition) is 17. The number of nitrogens with zero attached hydrogens (tertiary/aromatic N) is 2. The summed E-state index contributed by atoms with van der Waals surface area (Å²) in [6.45, 7) is 13.9. The van der Waals surface area contributed by atoms with Gasteiger partial charge in [0, 0.05) is 32.4 Å². The molecular weight excluding hydrogens is 1180 g/mol. The second-order valence-corrected chi connectivity index (χ2v) is 24.4. The summed E-state index contributed by atoms with van der Waals surface area (Å²) in [5.74, 6) is -14.9. The number of carbonyl (C=O) groups excluding carboxylic acids is 12. The number of hydrogen-bond donors (Lipinski definition) is 15. The molecular formula is C58H96N14O18. The maximum absolute atomic E-state index is 14.6. The molecule has 12 amide bonds. The molecule has 3 heterocycles. The molecule has 3 aliphatic rings. The fourth-order valence-corrected chi connectivity index (χ4v) is 10.7. The average molecular weight is 1280 g/mol. The van der Waals surface area contributed by atoms with Crippen LogP contribution in [0.3, 0.4) is 0 Å². The van der Waals surface area contributed by atoms with Gasteiger partial charge in [-0.25, -0.2) is 4.79 Å². The Labute approximate surface area is 523 Å². The van der Waals surface area contributed by atoms with Crippen LogP contribution in [-0.4, -0.2) is 213 Å². The number of carbonyl (C=O) groups is 15. The summed E-state index contributed by atoms with van der Waals surface area (Å²) in [7, 11) is 0. The van der Waals surface area contributed by atoms with E-state index < -0.39 is 199 Å². The maximum Gasteiger partial charge on any atom is 0.326 e. The minimum absolute atomic E-state index is 0.0352. The number of carboxylic acids is 3. The van der Waals surface area contributed by atoms with Crippen molar-refractivity contribution in [3.05, 3.63) is 0 Å². The fourth-order valence-electron chi connectivity index (χ4n) is 10.7. The van der Waals surface area contributed by atoms with Crippen molar-refractivity contribution in [2.24, 2.45) is 29.2 Å². The highest BCUT2D eigenvalue weighted by Crippen LogP contribution is 2.24. The third kappa shape index (κ3) is 24.4. The van der Waals surface area contributed by atoms with Crippen molar-refractivity contribution in [3.63, 3.8) is 0 Å². The summed E-state index contributed by atoms with van der Waals surface area (Å²) in [5, 5.41) is 54.4. The molecule has 12 atom stereocenters. The number of unbranched alkanes of at least 4 members (excludes halogenated alkanes) is 1. The minimum atomic E-state index is -1.68. The highest BCUT2D eigenvalue weighted by Gasteiger charge is 2.44. The largest absolute Gasteiger partial charge is 0.481 e. The van der Waals surface area contributed by atoms with Crippen molar-refractivity contribution in [2.75, 3.05) is 26.2 Å². The van der Waals surface area contributed by atoms with Crippen molar-refractivity contribution < 1.29 is 87.2 Å². The van der Waals surface area contributed by atoms with Crippen LogP contribution in [0.25, 0.3) is 0 Å². The summed E-state index contributed by atoms with van der Waals surface area (Å²) < 4.78 is 0. The minimum Gasteiger partial charge on any atom is -0.481 e. The van der Waals surface area contributed by atoms with Gasteiger partial charge in [0.1, 0.15) is 66.5 Å². The first kappa shape index (κ1) is 76.2. The van der Waals surface area contributed by atoms with Crippen LogP contribution < -0.4 is 64.6 Å². The van der Waals surface area contributed by atoms with E-state index in [9.17, 15) is 82.1 Å². The number of likely N-dealkylation sites (tertiary alicyclic amines) is 2. The van der Waals surface area contributed by atoms with Crippen LogP contribution in [0.5, 0.6) is 0 Å². The van der Waals surface area contributed by atoms with Gasteiger partial charge in [-0.2, -0.15) is 0 Å². The molecule has 0 aromatic heterocycles. The number of primary amides is 1. The summed E-state index contributed by atoms with van der Waals surface area (Å²) in [5.41, 5.74) is 11.0. The van der Waals surface area contributed by atoms with E-state index in [4.69, 9.17) is 16.6 Å².